The molecule has 1 aliphatic heterocycles. The van der Waals surface area contributed by atoms with Crippen molar-refractivity contribution in [3.05, 3.63) is 35.4 Å². The Balaban J connectivity index is 1.41. The van der Waals surface area contributed by atoms with Gasteiger partial charge < -0.3 is 15.4 Å². The first-order chi connectivity index (χ1) is 12.1. The zero-order valence-electron chi connectivity index (χ0n) is 14.5. The number of hydrogen-bond donors (Lipinski definition) is 2. The van der Waals surface area contributed by atoms with Crippen molar-refractivity contribution in [2.75, 3.05) is 13.7 Å². The summed E-state index contributed by atoms with van der Waals surface area (Å²) in [6.45, 7) is 1.26. The number of nitrogens with zero attached hydrogens (tertiary/aromatic N) is 1. The van der Waals surface area contributed by atoms with E-state index in [9.17, 15) is 8.78 Å². The number of fused-ring (bicyclic) bond motifs is 2. The molecule has 1 saturated heterocycles. The molecule has 25 heavy (non-hydrogen) atoms. The zero-order chi connectivity index (χ0) is 17.4. The Morgan fingerprint density at radius 3 is 2.80 bits per heavy atom. The molecule has 3 unspecified atom stereocenters. The van der Waals surface area contributed by atoms with Crippen LogP contribution < -0.4 is 10.6 Å². The first-order valence-corrected chi connectivity index (χ1v) is 9.17. The van der Waals surface area contributed by atoms with Crippen LogP contribution in [0.3, 0.4) is 0 Å². The van der Waals surface area contributed by atoms with Crippen LogP contribution in [-0.2, 0) is 11.3 Å². The molecular weight excluding hydrogens is 324 g/mol. The van der Waals surface area contributed by atoms with E-state index in [1.54, 1.807) is 13.1 Å². The third-order valence-corrected chi connectivity index (χ3v) is 6.25. The summed E-state index contributed by atoms with van der Waals surface area (Å²) < 4.78 is 32.4. The van der Waals surface area contributed by atoms with Gasteiger partial charge in [0.05, 0.1) is 6.10 Å². The maximum atomic E-state index is 13.3. The van der Waals surface area contributed by atoms with Crippen LogP contribution in [0.25, 0.3) is 0 Å². The van der Waals surface area contributed by atoms with Gasteiger partial charge in [0.15, 0.2) is 17.6 Å². The minimum absolute atomic E-state index is 0.251. The maximum absolute atomic E-state index is 13.3. The monoisotopic (exact) mass is 349 g/mol. The number of halogens is 2. The molecule has 3 fully saturated rings. The molecular formula is C19H25F2N3O. The lowest BCUT2D eigenvalue weighted by Crippen LogP contribution is -2.69. The predicted molar refractivity (Wildman–Crippen MR) is 92.2 cm³/mol. The third-order valence-electron chi connectivity index (χ3n) is 6.25. The average molecular weight is 349 g/mol. The summed E-state index contributed by atoms with van der Waals surface area (Å²) in [7, 11) is 1.74. The lowest BCUT2D eigenvalue weighted by atomic mass is 9.54. The van der Waals surface area contributed by atoms with Crippen LogP contribution in [0.5, 0.6) is 0 Å². The SMILES string of the molecule is CN=C(NCc1ccc(F)c(F)c1)NC1C2CCOC2C12CCCC2. The van der Waals surface area contributed by atoms with E-state index in [1.165, 1.54) is 31.7 Å². The largest absolute Gasteiger partial charge is 0.377 e. The topological polar surface area (TPSA) is 45.7 Å². The van der Waals surface area contributed by atoms with Gasteiger partial charge >= 0.3 is 0 Å². The first-order valence-electron chi connectivity index (χ1n) is 9.17. The molecule has 1 aromatic rings. The maximum Gasteiger partial charge on any atom is 0.191 e. The summed E-state index contributed by atoms with van der Waals surface area (Å²) in [5, 5.41) is 6.82. The van der Waals surface area contributed by atoms with Gasteiger partial charge in [-0.25, -0.2) is 8.78 Å². The van der Waals surface area contributed by atoms with Crippen LogP contribution in [0.2, 0.25) is 0 Å². The van der Waals surface area contributed by atoms with Gasteiger partial charge in [0, 0.05) is 37.6 Å². The molecule has 0 amide bonds. The highest BCUT2D eigenvalue weighted by molar-refractivity contribution is 5.80. The third kappa shape index (κ3) is 2.80. The van der Waals surface area contributed by atoms with Gasteiger partial charge in [-0.1, -0.05) is 18.9 Å². The highest BCUT2D eigenvalue weighted by Crippen LogP contribution is 2.60. The Hall–Kier alpha value is -1.69. The average Bonchev–Trinajstić information content (AvgIpc) is 3.26. The van der Waals surface area contributed by atoms with Crippen molar-refractivity contribution >= 4 is 5.96 Å². The van der Waals surface area contributed by atoms with E-state index in [4.69, 9.17) is 4.74 Å². The fraction of sp³-hybridized carbons (Fsp3) is 0.632. The van der Waals surface area contributed by atoms with Gasteiger partial charge in [0.1, 0.15) is 0 Å². The van der Waals surface area contributed by atoms with Crippen molar-refractivity contribution in [3.63, 3.8) is 0 Å². The van der Waals surface area contributed by atoms with E-state index in [2.05, 4.69) is 15.6 Å². The standard InChI is InChI=1S/C19H25F2N3O/c1-22-18(23-11-12-4-5-14(20)15(21)10-12)24-16-13-6-9-25-17(13)19(16)7-2-3-8-19/h4-5,10,13,16-17H,2-3,6-9,11H2,1H3,(H2,22,23,24). The molecule has 0 radical (unpaired) electrons. The van der Waals surface area contributed by atoms with Crippen molar-refractivity contribution in [2.24, 2.45) is 16.3 Å². The molecule has 2 saturated carbocycles. The molecule has 3 atom stereocenters. The number of aliphatic imine (C=N–C) groups is 1. The highest BCUT2D eigenvalue weighted by atomic mass is 19.2. The van der Waals surface area contributed by atoms with E-state index in [-0.39, 0.29) is 5.41 Å². The number of nitrogens with one attached hydrogen (secondary N) is 2. The first kappa shape index (κ1) is 16.8. The van der Waals surface area contributed by atoms with Crippen LogP contribution in [0.15, 0.2) is 23.2 Å². The second-order valence-electron chi connectivity index (χ2n) is 7.48. The van der Waals surface area contributed by atoms with Gasteiger partial charge in [0.25, 0.3) is 0 Å². The summed E-state index contributed by atoms with van der Waals surface area (Å²) in [6, 6.07) is 4.35. The van der Waals surface area contributed by atoms with Crippen LogP contribution in [-0.4, -0.2) is 31.8 Å². The van der Waals surface area contributed by atoms with E-state index in [0.717, 1.165) is 19.1 Å². The Kier molecular flexibility index (Phi) is 4.40. The summed E-state index contributed by atoms with van der Waals surface area (Å²) in [5.74, 6) is -0.375. The van der Waals surface area contributed by atoms with Gasteiger partial charge in [-0.2, -0.15) is 0 Å². The Labute approximate surface area is 147 Å². The van der Waals surface area contributed by atoms with E-state index in [1.807, 2.05) is 0 Å². The fourth-order valence-electron chi connectivity index (χ4n) is 5.08. The smallest absolute Gasteiger partial charge is 0.191 e. The minimum atomic E-state index is -0.823. The lowest BCUT2D eigenvalue weighted by Gasteiger charge is -2.57. The van der Waals surface area contributed by atoms with Crippen LogP contribution in [0.4, 0.5) is 8.78 Å². The predicted octanol–water partition coefficient (Wildman–Crippen LogP) is 2.98. The summed E-state index contributed by atoms with van der Waals surface area (Å²) in [6.07, 6.45) is 6.47. The van der Waals surface area contributed by atoms with Gasteiger partial charge in [0.2, 0.25) is 0 Å². The van der Waals surface area contributed by atoms with Crippen molar-refractivity contribution in [1.29, 1.82) is 0 Å². The zero-order valence-corrected chi connectivity index (χ0v) is 14.5. The molecule has 4 rings (SSSR count). The second kappa shape index (κ2) is 6.56. The highest BCUT2D eigenvalue weighted by Gasteiger charge is 2.65. The molecule has 4 nitrogen and oxygen atoms in total. The van der Waals surface area contributed by atoms with Crippen LogP contribution in [0.1, 0.15) is 37.7 Å². The molecule has 6 heteroatoms. The number of rotatable bonds is 3. The van der Waals surface area contributed by atoms with Gasteiger partial charge in [-0.3, -0.25) is 4.99 Å². The number of benzene rings is 1. The summed E-state index contributed by atoms with van der Waals surface area (Å²) in [4.78, 5) is 4.32. The molecule has 2 aliphatic carbocycles. The molecule has 1 heterocycles. The summed E-state index contributed by atoms with van der Waals surface area (Å²) >= 11 is 0. The molecule has 1 spiro atoms. The Bertz CT molecular complexity index is 673. The van der Waals surface area contributed by atoms with Crippen LogP contribution in [0, 0.1) is 23.0 Å². The molecule has 1 aromatic carbocycles. The van der Waals surface area contributed by atoms with Crippen molar-refractivity contribution in [3.8, 4) is 0 Å². The summed E-state index contributed by atoms with van der Waals surface area (Å²) in [5.41, 5.74) is 0.939. The number of hydrogen-bond acceptors (Lipinski definition) is 2. The van der Waals surface area contributed by atoms with E-state index >= 15 is 0 Å². The molecule has 3 aliphatic rings. The molecule has 0 bridgehead atoms. The lowest BCUT2D eigenvalue weighted by molar-refractivity contribution is -0.125. The second-order valence-corrected chi connectivity index (χ2v) is 7.48. The Morgan fingerprint density at radius 2 is 2.08 bits per heavy atom. The van der Waals surface area contributed by atoms with Crippen molar-refractivity contribution in [2.45, 2.75) is 50.8 Å². The van der Waals surface area contributed by atoms with Gasteiger partial charge in [-0.15, -0.1) is 0 Å². The minimum Gasteiger partial charge on any atom is -0.377 e. The molecule has 2 N–H and O–H groups in total. The van der Waals surface area contributed by atoms with Crippen molar-refractivity contribution < 1.29 is 13.5 Å². The Morgan fingerprint density at radius 1 is 1.28 bits per heavy atom. The normalized spacial score (nSPS) is 30.2. The molecule has 136 valence electrons. The van der Waals surface area contributed by atoms with Crippen LogP contribution >= 0.6 is 0 Å². The van der Waals surface area contributed by atoms with Gasteiger partial charge in [-0.05, 0) is 37.0 Å². The van der Waals surface area contributed by atoms with E-state index < -0.39 is 11.6 Å². The fourth-order valence-corrected chi connectivity index (χ4v) is 5.08. The quantitative estimate of drug-likeness (QED) is 0.651. The number of guanidine groups is 1. The van der Waals surface area contributed by atoms with Crippen molar-refractivity contribution in [1.82, 2.24) is 10.6 Å². The van der Waals surface area contributed by atoms with E-state index in [0.29, 0.717) is 36.1 Å². The molecule has 0 aromatic heterocycles. The number of ether oxygens (including phenoxy) is 1.